The summed E-state index contributed by atoms with van der Waals surface area (Å²) in [6, 6.07) is 0. The molecule has 2 aliphatic carbocycles. The predicted molar refractivity (Wildman–Crippen MR) is 52.7 cm³/mol. The number of rotatable bonds is 0. The molecule has 0 aromatic heterocycles. The van der Waals surface area contributed by atoms with Crippen LogP contribution in [0.4, 0.5) is 0 Å². The molecule has 1 unspecified atom stereocenters. The highest BCUT2D eigenvalue weighted by Gasteiger charge is 2.66. The van der Waals surface area contributed by atoms with Crippen LogP contribution in [0.15, 0.2) is 0 Å². The van der Waals surface area contributed by atoms with Crippen molar-refractivity contribution in [2.75, 3.05) is 0 Å². The lowest BCUT2D eigenvalue weighted by Gasteiger charge is -2.41. The average Bonchev–Trinajstić information content (AvgIpc) is 2.54. The monoisotopic (exact) mass is 194 g/mol. The number of esters is 1. The molecule has 1 heterocycles. The molecule has 3 rings (SSSR count). The Morgan fingerprint density at radius 1 is 1.21 bits per heavy atom. The Labute approximate surface area is 85.0 Å². The second-order valence-electron chi connectivity index (χ2n) is 5.46. The van der Waals surface area contributed by atoms with Gasteiger partial charge < -0.3 is 4.74 Å². The largest absolute Gasteiger partial charge is 0.459 e. The first-order valence-electron chi connectivity index (χ1n) is 5.91. The van der Waals surface area contributed by atoms with Gasteiger partial charge in [0.05, 0.1) is 5.92 Å². The molecule has 2 nitrogen and oxygen atoms in total. The van der Waals surface area contributed by atoms with Gasteiger partial charge in [-0.1, -0.05) is 12.8 Å². The van der Waals surface area contributed by atoms with Crippen LogP contribution in [0.3, 0.4) is 0 Å². The van der Waals surface area contributed by atoms with Gasteiger partial charge >= 0.3 is 5.97 Å². The van der Waals surface area contributed by atoms with Crippen molar-refractivity contribution in [3.63, 3.8) is 0 Å². The van der Waals surface area contributed by atoms with Crippen LogP contribution in [0.2, 0.25) is 0 Å². The first-order valence-corrected chi connectivity index (χ1v) is 5.91. The molecule has 0 amide bonds. The molecule has 3 aliphatic rings. The Morgan fingerprint density at radius 2 is 2.00 bits per heavy atom. The maximum atomic E-state index is 11.8. The quantitative estimate of drug-likeness (QED) is 0.554. The summed E-state index contributed by atoms with van der Waals surface area (Å²) in [4.78, 5) is 11.8. The van der Waals surface area contributed by atoms with Crippen LogP contribution in [0.5, 0.6) is 0 Å². The third kappa shape index (κ3) is 0.807. The minimum Gasteiger partial charge on any atom is -0.459 e. The summed E-state index contributed by atoms with van der Waals surface area (Å²) < 4.78 is 5.67. The van der Waals surface area contributed by atoms with Crippen molar-refractivity contribution in [2.24, 2.45) is 11.3 Å². The van der Waals surface area contributed by atoms with Crippen molar-refractivity contribution >= 4 is 5.97 Å². The van der Waals surface area contributed by atoms with Crippen molar-refractivity contribution in [1.82, 2.24) is 0 Å². The normalized spacial score (nSPS) is 51.2. The van der Waals surface area contributed by atoms with E-state index in [4.69, 9.17) is 4.74 Å². The fourth-order valence-corrected chi connectivity index (χ4v) is 4.22. The van der Waals surface area contributed by atoms with Gasteiger partial charge in [-0.25, -0.2) is 0 Å². The van der Waals surface area contributed by atoms with Gasteiger partial charge in [0.1, 0.15) is 5.60 Å². The molecule has 0 radical (unpaired) electrons. The highest BCUT2D eigenvalue weighted by atomic mass is 16.6. The number of hydrogen-bond donors (Lipinski definition) is 0. The van der Waals surface area contributed by atoms with Gasteiger partial charge in [0.25, 0.3) is 0 Å². The fraction of sp³-hybridized carbons (Fsp3) is 0.917. The summed E-state index contributed by atoms with van der Waals surface area (Å²) in [7, 11) is 0. The van der Waals surface area contributed by atoms with Crippen LogP contribution >= 0.6 is 0 Å². The van der Waals surface area contributed by atoms with Gasteiger partial charge in [0.15, 0.2) is 0 Å². The molecule has 78 valence electrons. The summed E-state index contributed by atoms with van der Waals surface area (Å²) in [6.07, 6.45) is 8.38. The van der Waals surface area contributed by atoms with E-state index in [1.807, 2.05) is 0 Å². The molecule has 14 heavy (non-hydrogen) atoms. The highest BCUT2D eigenvalue weighted by Crippen LogP contribution is 2.63. The topological polar surface area (TPSA) is 26.3 Å². The van der Waals surface area contributed by atoms with Gasteiger partial charge in [-0.05, 0) is 39.0 Å². The zero-order valence-electron chi connectivity index (χ0n) is 8.84. The molecule has 0 aromatic carbocycles. The number of ether oxygens (including phenoxy) is 1. The number of hydrogen-bond acceptors (Lipinski definition) is 2. The third-order valence-corrected chi connectivity index (χ3v) is 4.97. The molecule has 0 N–H and O–H groups in total. The Balaban J connectivity index is 2.05. The third-order valence-electron chi connectivity index (χ3n) is 4.97. The highest BCUT2D eigenvalue weighted by molar-refractivity contribution is 5.77. The predicted octanol–water partition coefficient (Wildman–Crippen LogP) is 2.66. The Bertz CT molecular complexity index is 286. The molecular weight excluding hydrogens is 176 g/mol. The molecule has 0 aromatic rings. The summed E-state index contributed by atoms with van der Waals surface area (Å²) >= 11 is 0. The number of carbonyl (C=O) groups is 1. The maximum absolute atomic E-state index is 11.8. The van der Waals surface area contributed by atoms with E-state index in [1.165, 1.54) is 32.1 Å². The molecule has 1 saturated heterocycles. The van der Waals surface area contributed by atoms with Crippen LogP contribution in [0.1, 0.15) is 51.9 Å². The minimum atomic E-state index is -0.102. The first-order chi connectivity index (χ1) is 6.68. The van der Waals surface area contributed by atoms with E-state index in [-0.39, 0.29) is 22.9 Å². The SMILES string of the molecule is C[C@]12CCC[C@]13CCCCC3C(=O)O2. The summed E-state index contributed by atoms with van der Waals surface area (Å²) in [5.41, 5.74) is 0.136. The van der Waals surface area contributed by atoms with Crippen LogP contribution in [0.25, 0.3) is 0 Å². The Hall–Kier alpha value is -0.530. The van der Waals surface area contributed by atoms with E-state index in [1.54, 1.807) is 0 Å². The average molecular weight is 194 g/mol. The lowest BCUT2D eigenvalue weighted by Crippen LogP contribution is -2.42. The molecule has 1 spiro atoms. The van der Waals surface area contributed by atoms with Crippen LogP contribution < -0.4 is 0 Å². The summed E-state index contributed by atoms with van der Waals surface area (Å²) in [5, 5.41) is 0. The van der Waals surface area contributed by atoms with Crippen LogP contribution in [0, 0.1) is 11.3 Å². The molecule has 1 aliphatic heterocycles. The summed E-state index contributed by atoms with van der Waals surface area (Å²) in [5.74, 6) is 0.343. The second-order valence-corrected chi connectivity index (χ2v) is 5.46. The second kappa shape index (κ2) is 2.53. The van der Waals surface area contributed by atoms with Gasteiger partial charge in [0.2, 0.25) is 0 Å². The summed E-state index contributed by atoms with van der Waals surface area (Å²) in [6.45, 7) is 2.17. The smallest absolute Gasteiger partial charge is 0.310 e. The first kappa shape index (κ1) is 8.75. The van der Waals surface area contributed by atoms with Gasteiger partial charge in [-0.2, -0.15) is 0 Å². The van der Waals surface area contributed by atoms with E-state index in [0.29, 0.717) is 0 Å². The van der Waals surface area contributed by atoms with Crippen LogP contribution in [-0.2, 0) is 9.53 Å². The lowest BCUT2D eigenvalue weighted by molar-refractivity contribution is -0.150. The van der Waals surface area contributed by atoms with Crippen molar-refractivity contribution in [3.05, 3.63) is 0 Å². The van der Waals surface area contributed by atoms with E-state index < -0.39 is 0 Å². The Morgan fingerprint density at radius 3 is 2.86 bits per heavy atom. The van der Waals surface area contributed by atoms with Crippen molar-refractivity contribution in [1.29, 1.82) is 0 Å². The van der Waals surface area contributed by atoms with E-state index in [2.05, 4.69) is 6.92 Å². The van der Waals surface area contributed by atoms with E-state index in [9.17, 15) is 4.79 Å². The molecule has 3 atom stereocenters. The van der Waals surface area contributed by atoms with Gasteiger partial charge in [-0.3, -0.25) is 4.79 Å². The molecule has 0 bridgehead atoms. The molecule has 3 fully saturated rings. The van der Waals surface area contributed by atoms with Crippen molar-refractivity contribution in [2.45, 2.75) is 57.5 Å². The van der Waals surface area contributed by atoms with E-state index >= 15 is 0 Å². The Kier molecular flexibility index (Phi) is 1.58. The van der Waals surface area contributed by atoms with Crippen molar-refractivity contribution in [3.8, 4) is 0 Å². The van der Waals surface area contributed by atoms with E-state index in [0.717, 1.165) is 12.8 Å². The zero-order chi connectivity index (χ0) is 9.81. The minimum absolute atomic E-state index is 0.102. The number of carbonyl (C=O) groups excluding carboxylic acids is 1. The zero-order valence-corrected chi connectivity index (χ0v) is 8.84. The fourth-order valence-electron chi connectivity index (χ4n) is 4.22. The van der Waals surface area contributed by atoms with Gasteiger partial charge in [-0.15, -0.1) is 0 Å². The van der Waals surface area contributed by atoms with Crippen LogP contribution in [-0.4, -0.2) is 11.6 Å². The molecular formula is C12H18O2. The standard InChI is InChI=1S/C12H18O2/c1-11-6-4-8-12(11)7-3-2-5-9(12)10(13)14-11/h9H,2-8H2,1H3/t9?,11-,12-/m0/s1. The lowest BCUT2D eigenvalue weighted by atomic mass is 9.61. The van der Waals surface area contributed by atoms with Gasteiger partial charge in [0, 0.05) is 5.41 Å². The van der Waals surface area contributed by atoms with Crippen molar-refractivity contribution < 1.29 is 9.53 Å². The molecule has 2 heteroatoms. The molecule has 2 saturated carbocycles. The maximum Gasteiger partial charge on any atom is 0.310 e.